The molecule has 0 aliphatic rings. The molecular formula is C15H9F2NO3. The summed E-state index contributed by atoms with van der Waals surface area (Å²) in [6.45, 7) is -0.492. The minimum absolute atomic E-state index is 0.310. The lowest BCUT2D eigenvalue weighted by Gasteiger charge is -2.04. The molecule has 1 aromatic heterocycles. The van der Waals surface area contributed by atoms with Gasteiger partial charge in [-0.25, -0.2) is 13.6 Å². The number of aromatic nitrogens is 1. The maximum atomic E-state index is 13.6. The quantitative estimate of drug-likeness (QED) is 0.697. The van der Waals surface area contributed by atoms with Gasteiger partial charge in [-0.3, -0.25) is 9.36 Å². The van der Waals surface area contributed by atoms with Crippen LogP contribution in [-0.2, 0) is 6.54 Å². The Kier molecular flexibility index (Phi) is 3.13. The maximum absolute atomic E-state index is 13.6. The molecule has 0 aliphatic heterocycles. The number of hydrogen-bond acceptors (Lipinski definition) is 3. The van der Waals surface area contributed by atoms with Gasteiger partial charge < -0.3 is 4.42 Å². The van der Waals surface area contributed by atoms with Crippen LogP contribution in [0.4, 0.5) is 8.78 Å². The Morgan fingerprint density at radius 2 is 1.71 bits per heavy atom. The van der Waals surface area contributed by atoms with Crippen molar-refractivity contribution in [1.82, 2.24) is 4.57 Å². The third-order valence-electron chi connectivity index (χ3n) is 3.12. The number of halogens is 2. The Morgan fingerprint density at radius 3 is 2.43 bits per heavy atom. The Balaban J connectivity index is 2.05. The van der Waals surface area contributed by atoms with E-state index < -0.39 is 35.3 Å². The first kappa shape index (κ1) is 13.2. The number of fused-ring (bicyclic) bond motifs is 1. The van der Waals surface area contributed by atoms with Crippen LogP contribution >= 0.6 is 0 Å². The first-order valence-corrected chi connectivity index (χ1v) is 6.13. The number of carbonyl (C=O) groups is 1. The first-order valence-electron chi connectivity index (χ1n) is 6.13. The highest BCUT2D eigenvalue weighted by molar-refractivity contribution is 5.97. The van der Waals surface area contributed by atoms with Crippen molar-refractivity contribution in [2.75, 3.05) is 0 Å². The lowest BCUT2D eigenvalue weighted by Crippen LogP contribution is -2.21. The SMILES string of the molecule is O=C(Cn1c(=O)oc2ccccc21)c1c(F)cccc1F. The number of rotatable bonds is 3. The van der Waals surface area contributed by atoms with Crippen molar-refractivity contribution >= 4 is 16.9 Å². The minimum atomic E-state index is -0.958. The van der Waals surface area contributed by atoms with Crippen LogP contribution in [0, 0.1) is 11.6 Å². The number of ketones is 1. The number of oxazole rings is 1. The lowest BCUT2D eigenvalue weighted by atomic mass is 10.1. The third-order valence-corrected chi connectivity index (χ3v) is 3.12. The summed E-state index contributed by atoms with van der Waals surface area (Å²) in [6.07, 6.45) is 0. The second-order valence-corrected chi connectivity index (χ2v) is 4.44. The van der Waals surface area contributed by atoms with E-state index in [1.54, 1.807) is 24.3 Å². The molecule has 0 saturated heterocycles. The van der Waals surface area contributed by atoms with Crippen LogP contribution in [0.5, 0.6) is 0 Å². The fraction of sp³-hybridized carbons (Fsp3) is 0.0667. The molecule has 0 N–H and O–H groups in total. The maximum Gasteiger partial charge on any atom is 0.420 e. The number of hydrogen-bond donors (Lipinski definition) is 0. The van der Waals surface area contributed by atoms with E-state index in [4.69, 9.17) is 4.42 Å². The summed E-state index contributed by atoms with van der Waals surface area (Å²) in [5.74, 6) is -3.50. The van der Waals surface area contributed by atoms with Gasteiger partial charge in [0.05, 0.1) is 17.6 Å². The minimum Gasteiger partial charge on any atom is -0.408 e. The van der Waals surface area contributed by atoms with Gasteiger partial charge in [-0.2, -0.15) is 0 Å². The fourth-order valence-corrected chi connectivity index (χ4v) is 2.15. The first-order chi connectivity index (χ1) is 10.1. The number of para-hydroxylation sites is 2. The number of carbonyl (C=O) groups excluding carboxylic acids is 1. The Morgan fingerprint density at radius 1 is 1.05 bits per heavy atom. The van der Waals surface area contributed by atoms with E-state index >= 15 is 0 Å². The summed E-state index contributed by atoms with van der Waals surface area (Å²) in [7, 11) is 0. The van der Waals surface area contributed by atoms with Crippen LogP contribution in [0.25, 0.3) is 11.1 Å². The van der Waals surface area contributed by atoms with Crippen molar-refractivity contribution in [2.24, 2.45) is 0 Å². The molecule has 0 radical (unpaired) electrons. The van der Waals surface area contributed by atoms with E-state index in [9.17, 15) is 18.4 Å². The molecule has 6 heteroatoms. The van der Waals surface area contributed by atoms with Crippen molar-refractivity contribution in [3.8, 4) is 0 Å². The summed E-state index contributed by atoms with van der Waals surface area (Å²) in [6, 6.07) is 9.66. The molecule has 3 aromatic rings. The van der Waals surface area contributed by atoms with E-state index in [1.165, 1.54) is 6.07 Å². The molecule has 0 fully saturated rings. The summed E-state index contributed by atoms with van der Waals surface area (Å²) >= 11 is 0. The third kappa shape index (κ3) is 2.24. The lowest BCUT2D eigenvalue weighted by molar-refractivity contribution is 0.0962. The highest BCUT2D eigenvalue weighted by atomic mass is 19.1. The molecule has 0 bridgehead atoms. The van der Waals surface area contributed by atoms with Gasteiger partial charge in [0.1, 0.15) is 11.6 Å². The number of nitrogens with zero attached hydrogens (tertiary/aromatic N) is 1. The smallest absolute Gasteiger partial charge is 0.408 e. The Hall–Kier alpha value is -2.76. The van der Waals surface area contributed by atoms with Crippen LogP contribution in [-0.4, -0.2) is 10.4 Å². The summed E-state index contributed by atoms with van der Waals surface area (Å²) < 4.78 is 33.2. The molecule has 0 saturated carbocycles. The fourth-order valence-electron chi connectivity index (χ4n) is 2.15. The predicted octanol–water partition coefficient (Wildman–Crippen LogP) is 2.76. The van der Waals surface area contributed by atoms with Gasteiger partial charge in [0.25, 0.3) is 0 Å². The van der Waals surface area contributed by atoms with Gasteiger partial charge in [-0.15, -0.1) is 0 Å². The van der Waals surface area contributed by atoms with Crippen LogP contribution in [0.2, 0.25) is 0 Å². The van der Waals surface area contributed by atoms with Crippen molar-refractivity contribution in [3.05, 3.63) is 70.2 Å². The van der Waals surface area contributed by atoms with Crippen LogP contribution < -0.4 is 5.76 Å². The van der Waals surface area contributed by atoms with Gasteiger partial charge in [0.2, 0.25) is 0 Å². The topological polar surface area (TPSA) is 52.2 Å². The normalized spacial score (nSPS) is 11.0. The second kappa shape index (κ2) is 4.97. The summed E-state index contributed by atoms with van der Waals surface area (Å²) in [4.78, 5) is 23.8. The zero-order chi connectivity index (χ0) is 15.0. The van der Waals surface area contributed by atoms with E-state index in [0.29, 0.717) is 11.1 Å². The number of Topliss-reactive ketones (excluding diaryl/α,β-unsaturated/α-hetero) is 1. The molecule has 0 aliphatic carbocycles. The van der Waals surface area contributed by atoms with E-state index in [2.05, 4.69) is 0 Å². The summed E-state index contributed by atoms with van der Waals surface area (Å²) in [5, 5.41) is 0. The molecule has 21 heavy (non-hydrogen) atoms. The zero-order valence-corrected chi connectivity index (χ0v) is 10.7. The van der Waals surface area contributed by atoms with Crippen molar-refractivity contribution in [2.45, 2.75) is 6.54 Å². The molecular weight excluding hydrogens is 280 g/mol. The molecule has 0 spiro atoms. The van der Waals surface area contributed by atoms with Gasteiger partial charge >= 0.3 is 5.76 Å². The molecule has 0 atom stereocenters. The highest BCUT2D eigenvalue weighted by Crippen LogP contribution is 2.16. The Labute approximate surface area is 117 Å². The Bertz CT molecular complexity index is 875. The average molecular weight is 289 g/mol. The van der Waals surface area contributed by atoms with Gasteiger partial charge in [0, 0.05) is 0 Å². The van der Waals surface area contributed by atoms with Crippen molar-refractivity contribution in [3.63, 3.8) is 0 Å². The molecule has 0 amide bonds. The standard InChI is InChI=1S/C15H9F2NO3/c16-9-4-3-5-10(17)14(9)12(19)8-18-11-6-1-2-7-13(11)21-15(18)20/h1-7H,8H2. The van der Waals surface area contributed by atoms with Gasteiger partial charge in [0.15, 0.2) is 11.4 Å². The molecule has 2 aromatic carbocycles. The molecule has 106 valence electrons. The van der Waals surface area contributed by atoms with Crippen LogP contribution in [0.1, 0.15) is 10.4 Å². The monoisotopic (exact) mass is 289 g/mol. The zero-order valence-electron chi connectivity index (χ0n) is 10.7. The highest BCUT2D eigenvalue weighted by Gasteiger charge is 2.19. The van der Waals surface area contributed by atoms with Gasteiger partial charge in [-0.05, 0) is 24.3 Å². The predicted molar refractivity (Wildman–Crippen MR) is 71.2 cm³/mol. The average Bonchev–Trinajstić information content (AvgIpc) is 2.75. The van der Waals surface area contributed by atoms with Crippen LogP contribution in [0.15, 0.2) is 51.7 Å². The molecule has 1 heterocycles. The van der Waals surface area contributed by atoms with E-state index in [1.807, 2.05) is 0 Å². The molecule has 4 nitrogen and oxygen atoms in total. The van der Waals surface area contributed by atoms with E-state index in [-0.39, 0.29) is 0 Å². The van der Waals surface area contributed by atoms with E-state index in [0.717, 1.165) is 16.7 Å². The summed E-state index contributed by atoms with van der Waals surface area (Å²) in [5.41, 5.74) is 0.0478. The molecule has 3 rings (SSSR count). The van der Waals surface area contributed by atoms with Crippen LogP contribution in [0.3, 0.4) is 0 Å². The largest absolute Gasteiger partial charge is 0.420 e. The second-order valence-electron chi connectivity index (χ2n) is 4.44. The van der Waals surface area contributed by atoms with Crippen molar-refractivity contribution < 1.29 is 18.0 Å². The number of benzene rings is 2. The van der Waals surface area contributed by atoms with Crippen molar-refractivity contribution in [1.29, 1.82) is 0 Å². The van der Waals surface area contributed by atoms with Gasteiger partial charge in [-0.1, -0.05) is 18.2 Å². The molecule has 0 unspecified atom stereocenters.